The van der Waals surface area contributed by atoms with Crippen molar-refractivity contribution in [1.29, 1.82) is 0 Å². The average Bonchev–Trinajstić information content (AvgIpc) is 2.93. The van der Waals surface area contributed by atoms with E-state index in [1.54, 1.807) is 0 Å². The van der Waals surface area contributed by atoms with E-state index in [-0.39, 0.29) is 6.54 Å². The van der Waals surface area contributed by atoms with E-state index >= 15 is 0 Å². The summed E-state index contributed by atoms with van der Waals surface area (Å²) in [6, 6.07) is 7.50. The molecule has 1 aromatic heterocycles. The molecule has 1 N–H and O–H groups in total. The molecule has 0 radical (unpaired) electrons. The fourth-order valence-corrected chi connectivity index (χ4v) is 3.72. The average molecular weight is 407 g/mol. The lowest BCUT2D eigenvalue weighted by atomic mass is 10.2. The van der Waals surface area contributed by atoms with Gasteiger partial charge in [0.25, 0.3) is 0 Å². The second-order valence-corrected chi connectivity index (χ2v) is 9.58. The Hall–Kier alpha value is -1.20. The van der Waals surface area contributed by atoms with Crippen molar-refractivity contribution < 1.29 is 13.2 Å². The number of nitrogens with one attached hydrogen (secondary N) is 1. The first-order valence-corrected chi connectivity index (χ1v) is 10.7. The molecule has 0 aliphatic carbocycles. The minimum Gasteiger partial charge on any atom is -0.299 e. The number of sulfonamides is 1. The van der Waals surface area contributed by atoms with E-state index in [9.17, 15) is 13.2 Å². The molecule has 24 heavy (non-hydrogen) atoms. The summed E-state index contributed by atoms with van der Waals surface area (Å²) in [5.41, 5.74) is 1.10. The number of carbonyl (C=O) groups excluding carboxylic acids is 1. The van der Waals surface area contributed by atoms with Gasteiger partial charge in [0.05, 0.1) is 12.8 Å². The Morgan fingerprint density at radius 3 is 2.62 bits per heavy atom. The largest absolute Gasteiger partial charge is 0.299 e. The van der Waals surface area contributed by atoms with E-state index in [0.717, 1.165) is 16.1 Å². The molecule has 130 valence electrons. The highest BCUT2D eigenvalue weighted by molar-refractivity contribution is 8.00. The molecule has 2 rings (SSSR count). The molecule has 0 spiro atoms. The molecule has 0 saturated carbocycles. The number of nitrogens with zero attached hydrogens (tertiary/aromatic N) is 3. The Kier molecular flexibility index (Phi) is 6.58. The molecular formula is C13H15ClN4O3S3. The number of likely N-dealkylation sites (N-methyl/N-ethyl adjacent to an activating group) is 1. The van der Waals surface area contributed by atoms with Crippen molar-refractivity contribution in [3.05, 3.63) is 34.9 Å². The quantitative estimate of drug-likeness (QED) is 0.560. The maximum Gasteiger partial charge on any atom is 0.241 e. The predicted molar refractivity (Wildman–Crippen MR) is 97.0 cm³/mol. The van der Waals surface area contributed by atoms with E-state index in [1.807, 2.05) is 24.3 Å². The summed E-state index contributed by atoms with van der Waals surface area (Å²) >= 11 is 8.56. The standard InChI is InChI=1S/C13H15ClN4O3S3/c1-18(24(2,20)21)7-11(19)15-12-16-17-13(23-12)22-8-9-3-5-10(14)6-4-9/h3-6H,7-8H2,1-2H3,(H,15,16,19). The fourth-order valence-electron chi connectivity index (χ4n) is 1.52. The normalized spacial score (nSPS) is 11.7. The molecule has 0 saturated heterocycles. The highest BCUT2D eigenvalue weighted by atomic mass is 35.5. The Bertz CT molecular complexity index is 808. The summed E-state index contributed by atoms with van der Waals surface area (Å²) in [7, 11) is -2.07. The number of thioether (sulfide) groups is 1. The smallest absolute Gasteiger partial charge is 0.241 e. The first-order chi connectivity index (χ1) is 11.2. The molecule has 1 heterocycles. The van der Waals surface area contributed by atoms with E-state index in [1.165, 1.54) is 30.1 Å². The molecule has 2 aromatic rings. The number of rotatable bonds is 7. The van der Waals surface area contributed by atoms with Crippen LogP contribution in [0.5, 0.6) is 0 Å². The summed E-state index contributed by atoms with van der Waals surface area (Å²) in [5.74, 6) is 0.240. The van der Waals surface area contributed by atoms with Crippen LogP contribution < -0.4 is 5.32 Å². The van der Waals surface area contributed by atoms with Crippen LogP contribution in [0.25, 0.3) is 0 Å². The lowest BCUT2D eigenvalue weighted by molar-refractivity contribution is -0.116. The Labute approximate surface area is 153 Å². The van der Waals surface area contributed by atoms with Gasteiger partial charge < -0.3 is 0 Å². The maximum atomic E-state index is 11.8. The second-order valence-electron chi connectivity index (χ2n) is 4.86. The third kappa shape index (κ3) is 6.02. The van der Waals surface area contributed by atoms with Crippen molar-refractivity contribution in [3.8, 4) is 0 Å². The zero-order chi connectivity index (χ0) is 17.7. The SMILES string of the molecule is CN(CC(=O)Nc1nnc(SCc2ccc(Cl)cc2)s1)S(C)(=O)=O. The summed E-state index contributed by atoms with van der Waals surface area (Å²) < 4.78 is 24.2. The van der Waals surface area contributed by atoms with Gasteiger partial charge in [-0.2, -0.15) is 4.31 Å². The van der Waals surface area contributed by atoms with E-state index in [4.69, 9.17) is 11.6 Å². The monoisotopic (exact) mass is 406 g/mol. The maximum absolute atomic E-state index is 11.8. The summed E-state index contributed by atoms with van der Waals surface area (Å²) in [6.07, 6.45) is 1.04. The molecule has 0 atom stereocenters. The fraction of sp³-hybridized carbons (Fsp3) is 0.308. The number of hydrogen-bond donors (Lipinski definition) is 1. The van der Waals surface area contributed by atoms with Gasteiger partial charge in [-0.25, -0.2) is 8.42 Å². The number of anilines is 1. The summed E-state index contributed by atoms with van der Waals surface area (Å²) in [4.78, 5) is 11.8. The van der Waals surface area contributed by atoms with Crippen molar-refractivity contribution >= 4 is 55.8 Å². The van der Waals surface area contributed by atoms with Gasteiger partial charge >= 0.3 is 0 Å². The van der Waals surface area contributed by atoms with Gasteiger partial charge in [0.1, 0.15) is 0 Å². The van der Waals surface area contributed by atoms with Crippen LogP contribution >= 0.6 is 34.7 Å². The van der Waals surface area contributed by atoms with E-state index in [2.05, 4.69) is 15.5 Å². The van der Waals surface area contributed by atoms with Crippen molar-refractivity contribution in [2.75, 3.05) is 25.2 Å². The molecule has 1 amide bonds. The van der Waals surface area contributed by atoms with Gasteiger partial charge in [0.15, 0.2) is 4.34 Å². The van der Waals surface area contributed by atoms with Gasteiger partial charge in [0.2, 0.25) is 21.1 Å². The third-order valence-corrected chi connectivity index (χ3v) is 6.42. The van der Waals surface area contributed by atoms with Crippen LogP contribution in [0.1, 0.15) is 5.56 Å². The number of hydrogen-bond acceptors (Lipinski definition) is 7. The summed E-state index contributed by atoms with van der Waals surface area (Å²) in [5, 5.41) is 11.4. The molecule has 0 aliphatic rings. The molecule has 0 aliphatic heterocycles. The molecule has 0 unspecified atom stereocenters. The highest BCUT2D eigenvalue weighted by Gasteiger charge is 2.16. The van der Waals surface area contributed by atoms with Crippen LogP contribution in [-0.4, -0.2) is 48.7 Å². The van der Waals surface area contributed by atoms with Crippen molar-refractivity contribution in [2.45, 2.75) is 10.1 Å². The number of benzene rings is 1. The van der Waals surface area contributed by atoms with Gasteiger partial charge in [-0.1, -0.05) is 46.8 Å². The first kappa shape index (κ1) is 19.1. The van der Waals surface area contributed by atoms with E-state index in [0.29, 0.717) is 20.2 Å². The molecule has 0 fully saturated rings. The van der Waals surface area contributed by atoms with Crippen molar-refractivity contribution in [1.82, 2.24) is 14.5 Å². The Balaban J connectivity index is 1.86. The zero-order valence-corrected chi connectivity index (χ0v) is 16.1. The lowest BCUT2D eigenvalue weighted by Gasteiger charge is -2.12. The topological polar surface area (TPSA) is 92.3 Å². The molecule has 11 heteroatoms. The van der Waals surface area contributed by atoms with Crippen LogP contribution in [0.2, 0.25) is 5.02 Å². The minimum absolute atomic E-state index is 0.272. The second kappa shape index (κ2) is 8.26. The van der Waals surface area contributed by atoms with Crippen molar-refractivity contribution in [3.63, 3.8) is 0 Å². The van der Waals surface area contributed by atoms with Crippen LogP contribution in [0, 0.1) is 0 Å². The van der Waals surface area contributed by atoms with Gasteiger partial charge in [-0.3, -0.25) is 10.1 Å². The van der Waals surface area contributed by atoms with Crippen LogP contribution in [-0.2, 0) is 20.6 Å². The molecular weight excluding hydrogens is 392 g/mol. The van der Waals surface area contributed by atoms with Gasteiger partial charge in [0, 0.05) is 17.8 Å². The molecule has 1 aromatic carbocycles. The van der Waals surface area contributed by atoms with Gasteiger partial charge in [-0.05, 0) is 17.7 Å². The molecule has 7 nitrogen and oxygen atoms in total. The zero-order valence-electron chi connectivity index (χ0n) is 12.9. The highest BCUT2D eigenvalue weighted by Crippen LogP contribution is 2.28. The Morgan fingerprint density at radius 1 is 1.33 bits per heavy atom. The number of halogens is 1. The Morgan fingerprint density at radius 2 is 2.00 bits per heavy atom. The lowest BCUT2D eigenvalue weighted by Crippen LogP contribution is -2.34. The van der Waals surface area contributed by atoms with E-state index < -0.39 is 15.9 Å². The van der Waals surface area contributed by atoms with Gasteiger partial charge in [-0.15, -0.1) is 10.2 Å². The number of aromatic nitrogens is 2. The van der Waals surface area contributed by atoms with Crippen LogP contribution in [0.3, 0.4) is 0 Å². The minimum atomic E-state index is -3.40. The first-order valence-electron chi connectivity index (χ1n) is 6.66. The van der Waals surface area contributed by atoms with Crippen LogP contribution in [0.15, 0.2) is 28.6 Å². The number of carbonyl (C=O) groups is 1. The number of amides is 1. The van der Waals surface area contributed by atoms with Crippen molar-refractivity contribution in [2.24, 2.45) is 0 Å². The molecule has 0 bridgehead atoms. The predicted octanol–water partition coefficient (Wildman–Crippen LogP) is 2.31. The third-order valence-electron chi connectivity index (χ3n) is 2.86. The summed E-state index contributed by atoms with van der Waals surface area (Å²) in [6.45, 7) is -0.272. The van der Waals surface area contributed by atoms with Crippen LogP contribution in [0.4, 0.5) is 5.13 Å².